The molecule has 4 nitrogen and oxygen atoms in total. The zero-order valence-corrected chi connectivity index (χ0v) is 12.2. The van der Waals surface area contributed by atoms with E-state index < -0.39 is 12.0 Å². The topological polar surface area (TPSA) is 56.7 Å². The number of aromatic nitrogens is 3. The summed E-state index contributed by atoms with van der Waals surface area (Å²) in [6, 6.07) is 0. The molecule has 0 unspecified atom stereocenters. The fourth-order valence-corrected chi connectivity index (χ4v) is 1.51. The van der Waals surface area contributed by atoms with Gasteiger partial charge in [0.05, 0.1) is 6.54 Å². The van der Waals surface area contributed by atoms with Crippen LogP contribution in [0.1, 0.15) is 44.3 Å². The molecule has 0 aliphatic heterocycles. The lowest BCUT2D eigenvalue weighted by Gasteiger charge is -2.03. The third-order valence-corrected chi connectivity index (χ3v) is 2.41. The summed E-state index contributed by atoms with van der Waals surface area (Å²) in [4.78, 5) is 3.40. The quantitative estimate of drug-likeness (QED) is 0.818. The minimum absolute atomic E-state index is 0. The lowest BCUT2D eigenvalue weighted by Crippen LogP contribution is -2.10. The van der Waals surface area contributed by atoms with E-state index in [1.54, 1.807) is 0 Å². The van der Waals surface area contributed by atoms with Crippen molar-refractivity contribution in [3.63, 3.8) is 0 Å². The van der Waals surface area contributed by atoms with E-state index in [2.05, 4.69) is 17.0 Å². The number of aryl methyl sites for hydroxylation is 1. The standard InChI is InChI=1S/C10H17F3N4.2ClH/c1-2-3-4-5-6-17-8(7-14)15-9(16-17)10(11,12)13;;/h2-7,14H2,1H3;2*1H. The van der Waals surface area contributed by atoms with Gasteiger partial charge in [-0.3, -0.25) is 0 Å². The van der Waals surface area contributed by atoms with Crippen molar-refractivity contribution in [1.82, 2.24) is 14.8 Å². The van der Waals surface area contributed by atoms with Gasteiger partial charge in [0.2, 0.25) is 0 Å². The molecule has 114 valence electrons. The van der Waals surface area contributed by atoms with Gasteiger partial charge in [-0.2, -0.15) is 13.2 Å². The Balaban J connectivity index is 0. The summed E-state index contributed by atoms with van der Waals surface area (Å²) in [6.07, 6.45) is -0.588. The third-order valence-electron chi connectivity index (χ3n) is 2.41. The monoisotopic (exact) mass is 322 g/mol. The molecule has 0 amide bonds. The van der Waals surface area contributed by atoms with Crippen LogP contribution in [-0.4, -0.2) is 14.8 Å². The zero-order valence-electron chi connectivity index (χ0n) is 10.6. The predicted molar refractivity (Wildman–Crippen MR) is 71.6 cm³/mol. The van der Waals surface area contributed by atoms with Crippen molar-refractivity contribution in [3.05, 3.63) is 11.6 Å². The van der Waals surface area contributed by atoms with Gasteiger partial charge in [-0.1, -0.05) is 26.2 Å². The highest BCUT2D eigenvalue weighted by atomic mass is 35.5. The van der Waals surface area contributed by atoms with Crippen LogP contribution >= 0.6 is 24.8 Å². The highest BCUT2D eigenvalue weighted by Crippen LogP contribution is 2.26. The van der Waals surface area contributed by atoms with Gasteiger partial charge in [0.25, 0.3) is 5.82 Å². The van der Waals surface area contributed by atoms with E-state index in [1.165, 1.54) is 4.68 Å². The van der Waals surface area contributed by atoms with E-state index >= 15 is 0 Å². The van der Waals surface area contributed by atoms with Gasteiger partial charge in [-0.05, 0) is 6.42 Å². The van der Waals surface area contributed by atoms with Crippen LogP contribution in [0.3, 0.4) is 0 Å². The molecule has 0 saturated heterocycles. The van der Waals surface area contributed by atoms with Crippen LogP contribution in [0.5, 0.6) is 0 Å². The molecule has 0 atom stereocenters. The molecule has 0 bridgehead atoms. The van der Waals surface area contributed by atoms with Crippen molar-refractivity contribution < 1.29 is 13.2 Å². The Kier molecular flexibility index (Phi) is 10.3. The van der Waals surface area contributed by atoms with Gasteiger partial charge in [-0.25, -0.2) is 9.67 Å². The molecule has 19 heavy (non-hydrogen) atoms. The average Bonchev–Trinajstić information content (AvgIpc) is 2.67. The van der Waals surface area contributed by atoms with Crippen LogP contribution in [-0.2, 0) is 19.3 Å². The van der Waals surface area contributed by atoms with E-state index in [0.717, 1.165) is 25.7 Å². The molecule has 1 aromatic rings. The Labute approximate surface area is 122 Å². The van der Waals surface area contributed by atoms with Gasteiger partial charge < -0.3 is 5.73 Å². The van der Waals surface area contributed by atoms with E-state index in [4.69, 9.17) is 5.73 Å². The predicted octanol–water partition coefficient (Wildman–Crippen LogP) is 3.18. The molecule has 0 spiro atoms. The van der Waals surface area contributed by atoms with Crippen molar-refractivity contribution >= 4 is 24.8 Å². The number of alkyl halides is 3. The van der Waals surface area contributed by atoms with Gasteiger partial charge in [0.1, 0.15) is 5.82 Å². The first-order chi connectivity index (χ1) is 7.99. The molecule has 0 aliphatic carbocycles. The summed E-state index contributed by atoms with van der Waals surface area (Å²) >= 11 is 0. The Morgan fingerprint density at radius 1 is 1.16 bits per heavy atom. The van der Waals surface area contributed by atoms with Gasteiger partial charge in [0, 0.05) is 6.54 Å². The number of nitrogens with two attached hydrogens (primary N) is 1. The van der Waals surface area contributed by atoms with Crippen molar-refractivity contribution in [1.29, 1.82) is 0 Å². The van der Waals surface area contributed by atoms with Crippen LogP contribution in [0.15, 0.2) is 0 Å². The normalized spacial score (nSPS) is 10.8. The van der Waals surface area contributed by atoms with Gasteiger partial charge in [0.15, 0.2) is 0 Å². The summed E-state index contributed by atoms with van der Waals surface area (Å²) < 4.78 is 38.4. The number of hydrogen-bond donors (Lipinski definition) is 1. The maximum atomic E-state index is 12.4. The van der Waals surface area contributed by atoms with Crippen molar-refractivity contribution in [2.24, 2.45) is 5.73 Å². The molecule has 1 aromatic heterocycles. The lowest BCUT2D eigenvalue weighted by atomic mass is 10.2. The van der Waals surface area contributed by atoms with Crippen LogP contribution in [0.4, 0.5) is 13.2 Å². The Morgan fingerprint density at radius 2 is 1.79 bits per heavy atom. The highest BCUT2D eigenvalue weighted by molar-refractivity contribution is 5.85. The molecular formula is C10H19Cl2F3N4. The molecule has 0 saturated carbocycles. The SMILES string of the molecule is CCCCCCn1nc(C(F)(F)F)nc1CN.Cl.Cl. The maximum absolute atomic E-state index is 12.4. The summed E-state index contributed by atoms with van der Waals surface area (Å²) in [7, 11) is 0. The third kappa shape index (κ3) is 6.44. The fourth-order valence-electron chi connectivity index (χ4n) is 1.51. The molecule has 2 N–H and O–H groups in total. The van der Waals surface area contributed by atoms with Crippen LogP contribution < -0.4 is 5.73 Å². The molecule has 0 fully saturated rings. The largest absolute Gasteiger partial charge is 0.453 e. The Hall–Kier alpha value is -0.530. The van der Waals surface area contributed by atoms with Gasteiger partial charge in [-0.15, -0.1) is 29.9 Å². The van der Waals surface area contributed by atoms with E-state index in [-0.39, 0.29) is 37.2 Å². The first-order valence-corrected chi connectivity index (χ1v) is 5.70. The molecule has 9 heteroatoms. The second-order valence-electron chi connectivity index (χ2n) is 3.84. The maximum Gasteiger partial charge on any atom is 0.453 e. The zero-order chi connectivity index (χ0) is 12.9. The van der Waals surface area contributed by atoms with Crippen molar-refractivity contribution in [2.45, 2.75) is 51.9 Å². The van der Waals surface area contributed by atoms with E-state index in [1.807, 2.05) is 0 Å². The summed E-state index contributed by atoms with van der Waals surface area (Å²) in [6.45, 7) is 2.48. The van der Waals surface area contributed by atoms with E-state index in [9.17, 15) is 13.2 Å². The second kappa shape index (κ2) is 9.39. The number of unbranched alkanes of at least 4 members (excludes halogenated alkanes) is 3. The van der Waals surface area contributed by atoms with Crippen molar-refractivity contribution in [3.8, 4) is 0 Å². The first kappa shape index (κ1) is 20.8. The molecule has 1 rings (SSSR count). The molecule has 0 radical (unpaired) electrons. The minimum atomic E-state index is -4.50. The first-order valence-electron chi connectivity index (χ1n) is 5.70. The number of rotatable bonds is 6. The van der Waals surface area contributed by atoms with E-state index in [0.29, 0.717) is 6.54 Å². The molecular weight excluding hydrogens is 304 g/mol. The number of nitrogens with zero attached hydrogens (tertiary/aromatic N) is 3. The average molecular weight is 323 g/mol. The second-order valence-corrected chi connectivity index (χ2v) is 3.84. The number of halogens is 5. The molecule has 0 aromatic carbocycles. The summed E-state index contributed by atoms with van der Waals surface area (Å²) in [5.74, 6) is -0.915. The number of hydrogen-bond acceptors (Lipinski definition) is 3. The lowest BCUT2D eigenvalue weighted by molar-refractivity contribution is -0.145. The highest BCUT2D eigenvalue weighted by Gasteiger charge is 2.36. The summed E-state index contributed by atoms with van der Waals surface area (Å²) in [5.41, 5.74) is 5.35. The van der Waals surface area contributed by atoms with Crippen LogP contribution in [0.25, 0.3) is 0 Å². The molecule has 1 heterocycles. The minimum Gasteiger partial charge on any atom is -0.324 e. The summed E-state index contributed by atoms with van der Waals surface area (Å²) in [5, 5.41) is 3.45. The van der Waals surface area contributed by atoms with Crippen LogP contribution in [0, 0.1) is 0 Å². The van der Waals surface area contributed by atoms with Crippen LogP contribution in [0.2, 0.25) is 0 Å². The van der Waals surface area contributed by atoms with Gasteiger partial charge >= 0.3 is 6.18 Å². The smallest absolute Gasteiger partial charge is 0.324 e. The Bertz CT molecular complexity index is 355. The van der Waals surface area contributed by atoms with Crippen molar-refractivity contribution in [2.75, 3.05) is 0 Å². The Morgan fingerprint density at radius 3 is 2.26 bits per heavy atom. The molecule has 0 aliphatic rings. The fraction of sp³-hybridized carbons (Fsp3) is 0.800.